The number of pyridine rings is 1. The molecule has 2 aromatic rings. The third kappa shape index (κ3) is 3.10. The predicted octanol–water partition coefficient (Wildman–Crippen LogP) is 2.28. The topological polar surface area (TPSA) is 63.8 Å². The predicted molar refractivity (Wildman–Crippen MR) is 64.5 cm³/mol. The lowest BCUT2D eigenvalue weighted by atomic mass is 10.3. The van der Waals surface area contributed by atoms with E-state index < -0.39 is 0 Å². The molecule has 0 spiro atoms. The standard InChI is InChI=1S/C9H8Br2N4O/c10-6-1-7(11)8(13-2-6)3-12-4-9-14-5-16-15-9/h1-2,5,12H,3-4H2. The van der Waals surface area contributed by atoms with Gasteiger partial charge in [0, 0.05) is 21.7 Å². The zero-order valence-electron chi connectivity index (χ0n) is 8.15. The number of hydrogen-bond donors (Lipinski definition) is 1. The summed E-state index contributed by atoms with van der Waals surface area (Å²) in [5, 5.41) is 6.87. The Labute approximate surface area is 109 Å². The summed E-state index contributed by atoms with van der Waals surface area (Å²) in [5.74, 6) is 0.633. The van der Waals surface area contributed by atoms with Crippen molar-refractivity contribution in [2.75, 3.05) is 0 Å². The summed E-state index contributed by atoms with van der Waals surface area (Å²) >= 11 is 6.79. The molecule has 0 bridgehead atoms. The summed E-state index contributed by atoms with van der Waals surface area (Å²) in [6, 6.07) is 1.96. The van der Waals surface area contributed by atoms with E-state index in [-0.39, 0.29) is 0 Å². The van der Waals surface area contributed by atoms with Crippen LogP contribution in [0.15, 0.2) is 32.1 Å². The monoisotopic (exact) mass is 346 g/mol. The fraction of sp³-hybridized carbons (Fsp3) is 0.222. The van der Waals surface area contributed by atoms with Crippen LogP contribution in [0.3, 0.4) is 0 Å². The molecule has 7 heteroatoms. The van der Waals surface area contributed by atoms with Crippen LogP contribution in [0.1, 0.15) is 11.5 Å². The van der Waals surface area contributed by atoms with E-state index in [1.807, 2.05) is 6.07 Å². The van der Waals surface area contributed by atoms with E-state index in [9.17, 15) is 0 Å². The Morgan fingerprint density at radius 1 is 1.25 bits per heavy atom. The van der Waals surface area contributed by atoms with E-state index in [1.165, 1.54) is 6.39 Å². The largest absolute Gasteiger partial charge is 0.343 e. The molecule has 0 saturated heterocycles. The number of aromatic nitrogens is 3. The van der Waals surface area contributed by atoms with Gasteiger partial charge in [-0.1, -0.05) is 5.16 Å². The van der Waals surface area contributed by atoms with Crippen molar-refractivity contribution >= 4 is 31.9 Å². The fourth-order valence-electron chi connectivity index (χ4n) is 1.14. The third-order valence-corrected chi connectivity index (χ3v) is 2.99. The summed E-state index contributed by atoms with van der Waals surface area (Å²) in [4.78, 5) is 8.18. The Kier molecular flexibility index (Phi) is 4.03. The van der Waals surface area contributed by atoms with Crippen molar-refractivity contribution in [1.82, 2.24) is 20.4 Å². The van der Waals surface area contributed by atoms with Crippen molar-refractivity contribution in [2.45, 2.75) is 13.1 Å². The van der Waals surface area contributed by atoms with Gasteiger partial charge in [-0.25, -0.2) is 0 Å². The van der Waals surface area contributed by atoms with Gasteiger partial charge in [-0.3, -0.25) is 4.98 Å². The van der Waals surface area contributed by atoms with E-state index >= 15 is 0 Å². The van der Waals surface area contributed by atoms with Crippen molar-refractivity contribution in [3.8, 4) is 0 Å². The minimum absolute atomic E-state index is 0.556. The van der Waals surface area contributed by atoms with Crippen LogP contribution >= 0.6 is 31.9 Å². The normalized spacial score (nSPS) is 10.6. The Bertz CT molecular complexity index is 461. The first-order valence-electron chi connectivity index (χ1n) is 4.51. The molecule has 5 nitrogen and oxygen atoms in total. The van der Waals surface area contributed by atoms with Crippen LogP contribution in [0, 0.1) is 0 Å². The van der Waals surface area contributed by atoms with Gasteiger partial charge < -0.3 is 9.84 Å². The third-order valence-electron chi connectivity index (χ3n) is 1.87. The lowest BCUT2D eigenvalue weighted by Crippen LogP contribution is -2.15. The molecule has 0 fully saturated rings. The van der Waals surface area contributed by atoms with Crippen LogP contribution in [0.25, 0.3) is 0 Å². The van der Waals surface area contributed by atoms with Crippen molar-refractivity contribution in [3.63, 3.8) is 0 Å². The molecule has 0 aliphatic heterocycles. The minimum atomic E-state index is 0.556. The molecule has 2 aromatic heterocycles. The second kappa shape index (κ2) is 5.51. The summed E-state index contributed by atoms with van der Waals surface area (Å²) in [5.41, 5.74) is 0.937. The Hall–Kier alpha value is -0.790. The first-order chi connectivity index (χ1) is 7.75. The van der Waals surface area contributed by atoms with Gasteiger partial charge in [0.2, 0.25) is 6.39 Å². The van der Waals surface area contributed by atoms with Gasteiger partial charge in [-0.05, 0) is 37.9 Å². The molecule has 2 heterocycles. The Morgan fingerprint density at radius 3 is 2.81 bits per heavy atom. The van der Waals surface area contributed by atoms with Crippen molar-refractivity contribution in [2.24, 2.45) is 0 Å². The number of hydrogen-bond acceptors (Lipinski definition) is 5. The van der Waals surface area contributed by atoms with Crippen LogP contribution in [0.4, 0.5) is 0 Å². The van der Waals surface area contributed by atoms with E-state index in [1.54, 1.807) is 6.20 Å². The minimum Gasteiger partial charge on any atom is -0.343 e. The summed E-state index contributed by atoms with van der Waals surface area (Å²) in [6.45, 7) is 1.20. The average Bonchev–Trinajstić information content (AvgIpc) is 2.74. The Balaban J connectivity index is 1.90. The first kappa shape index (κ1) is 11.7. The molecule has 84 valence electrons. The zero-order valence-corrected chi connectivity index (χ0v) is 11.3. The second-order valence-electron chi connectivity index (χ2n) is 3.03. The lowest BCUT2D eigenvalue weighted by molar-refractivity contribution is 0.407. The number of rotatable bonds is 4. The molecule has 0 aliphatic rings. The van der Waals surface area contributed by atoms with Crippen LogP contribution < -0.4 is 5.32 Å². The summed E-state index contributed by atoms with van der Waals surface area (Å²) < 4.78 is 6.53. The number of nitrogens with one attached hydrogen (secondary N) is 1. The maximum Gasteiger partial charge on any atom is 0.213 e. The lowest BCUT2D eigenvalue weighted by Gasteiger charge is -2.04. The first-order valence-corrected chi connectivity index (χ1v) is 6.10. The zero-order chi connectivity index (χ0) is 11.4. The quantitative estimate of drug-likeness (QED) is 0.919. The molecule has 0 aromatic carbocycles. The number of halogens is 2. The SMILES string of the molecule is Brc1cnc(CNCc2ncon2)c(Br)c1. The molecule has 16 heavy (non-hydrogen) atoms. The smallest absolute Gasteiger partial charge is 0.213 e. The van der Waals surface area contributed by atoms with E-state index in [2.05, 4.69) is 56.8 Å². The van der Waals surface area contributed by atoms with E-state index in [0.29, 0.717) is 18.9 Å². The molecule has 0 aliphatic carbocycles. The van der Waals surface area contributed by atoms with Gasteiger partial charge in [0.25, 0.3) is 0 Å². The number of nitrogens with zero attached hydrogens (tertiary/aromatic N) is 3. The molecular weight excluding hydrogens is 340 g/mol. The molecular formula is C9H8Br2N4O. The highest BCUT2D eigenvalue weighted by molar-refractivity contribution is 9.11. The summed E-state index contributed by atoms with van der Waals surface area (Å²) in [6.07, 6.45) is 3.07. The van der Waals surface area contributed by atoms with Gasteiger partial charge in [0.05, 0.1) is 12.2 Å². The second-order valence-corrected chi connectivity index (χ2v) is 4.80. The van der Waals surface area contributed by atoms with Crippen LogP contribution in [0.5, 0.6) is 0 Å². The molecule has 1 N–H and O–H groups in total. The molecule has 0 radical (unpaired) electrons. The average molecular weight is 348 g/mol. The maximum atomic E-state index is 4.62. The van der Waals surface area contributed by atoms with Crippen molar-refractivity contribution < 1.29 is 4.52 Å². The molecule has 0 saturated carbocycles. The van der Waals surface area contributed by atoms with E-state index in [4.69, 9.17) is 0 Å². The van der Waals surface area contributed by atoms with Gasteiger partial charge in [-0.2, -0.15) is 4.98 Å². The van der Waals surface area contributed by atoms with E-state index in [0.717, 1.165) is 14.6 Å². The van der Waals surface area contributed by atoms with Gasteiger partial charge >= 0.3 is 0 Å². The molecule has 0 atom stereocenters. The van der Waals surface area contributed by atoms with Crippen molar-refractivity contribution in [1.29, 1.82) is 0 Å². The maximum absolute atomic E-state index is 4.62. The molecule has 2 rings (SSSR count). The summed E-state index contributed by atoms with van der Waals surface area (Å²) in [7, 11) is 0. The fourth-order valence-corrected chi connectivity index (χ4v) is 2.26. The van der Waals surface area contributed by atoms with Gasteiger partial charge in [-0.15, -0.1) is 0 Å². The highest BCUT2D eigenvalue weighted by atomic mass is 79.9. The van der Waals surface area contributed by atoms with Gasteiger partial charge in [0.15, 0.2) is 5.82 Å². The molecule has 0 amide bonds. The van der Waals surface area contributed by atoms with Crippen LogP contribution in [-0.2, 0) is 13.1 Å². The van der Waals surface area contributed by atoms with Crippen molar-refractivity contribution in [3.05, 3.63) is 39.1 Å². The van der Waals surface area contributed by atoms with Crippen LogP contribution in [-0.4, -0.2) is 15.1 Å². The highest BCUT2D eigenvalue weighted by Gasteiger charge is 2.03. The van der Waals surface area contributed by atoms with Crippen LogP contribution in [0.2, 0.25) is 0 Å². The van der Waals surface area contributed by atoms with Gasteiger partial charge in [0.1, 0.15) is 0 Å². The Morgan fingerprint density at radius 2 is 2.12 bits per heavy atom. The highest BCUT2D eigenvalue weighted by Crippen LogP contribution is 2.19. The molecule has 0 unspecified atom stereocenters.